The molecule has 45 heavy (non-hydrogen) atoms. The molecule has 0 N–H and O–H groups in total. The number of nitrogens with zero attached hydrogens (tertiary/aromatic N) is 6. The summed E-state index contributed by atoms with van der Waals surface area (Å²) in [4.78, 5) is 8.61. The average molecular weight is 639 g/mol. The van der Waals surface area contributed by atoms with Crippen LogP contribution in [-0.4, -0.2) is 9.80 Å². The summed E-state index contributed by atoms with van der Waals surface area (Å²) in [5.74, 6) is 0. The van der Waals surface area contributed by atoms with Crippen molar-refractivity contribution in [1.29, 1.82) is 0 Å². The van der Waals surface area contributed by atoms with Crippen molar-refractivity contribution in [2.24, 2.45) is 0 Å². The van der Waals surface area contributed by atoms with E-state index in [1.807, 2.05) is 61.3 Å². The first-order valence-corrected chi connectivity index (χ1v) is 15.0. The molecular weight excluding hydrogens is 596 g/mol. The number of aryl methyl sites for hydroxylation is 6. The molecule has 7 heteroatoms. The molecule has 2 aromatic rings. The zero-order valence-corrected chi connectivity index (χ0v) is 28.5. The number of anilines is 2. The van der Waals surface area contributed by atoms with Crippen molar-refractivity contribution in [3.8, 4) is 0 Å². The molecule has 0 saturated carbocycles. The minimum Gasteiger partial charge on any atom is -0.663 e. The van der Waals surface area contributed by atoms with Crippen LogP contribution in [0.25, 0.3) is 10.6 Å². The van der Waals surface area contributed by atoms with Gasteiger partial charge in [-0.2, -0.15) is 12.4 Å². The number of allylic oxidation sites excluding steroid dienone is 8. The van der Waals surface area contributed by atoms with Gasteiger partial charge in [0.2, 0.25) is 0 Å². The van der Waals surface area contributed by atoms with Gasteiger partial charge in [-0.3, -0.25) is 0 Å². The van der Waals surface area contributed by atoms with Crippen molar-refractivity contribution in [1.82, 2.24) is 9.80 Å². The van der Waals surface area contributed by atoms with E-state index in [1.165, 1.54) is 56.1 Å². The fraction of sp³-hybridized carbons (Fsp3) is 0.211. The van der Waals surface area contributed by atoms with Gasteiger partial charge in [0.15, 0.2) is 0 Å². The van der Waals surface area contributed by atoms with Crippen molar-refractivity contribution in [3.05, 3.63) is 178 Å². The molecule has 6 nitrogen and oxygen atoms in total. The molecule has 6 rings (SSSR count). The van der Waals surface area contributed by atoms with Gasteiger partial charge in [0, 0.05) is 11.4 Å². The third-order valence-corrected chi connectivity index (χ3v) is 7.67. The van der Waals surface area contributed by atoms with Crippen LogP contribution in [0.5, 0.6) is 0 Å². The molecule has 0 radical (unpaired) electrons. The van der Waals surface area contributed by atoms with Crippen LogP contribution in [0, 0.1) is 54.9 Å². The van der Waals surface area contributed by atoms with E-state index < -0.39 is 0 Å². The Kier molecular flexibility index (Phi) is 10.9. The smallest absolute Gasteiger partial charge is 0.663 e. The standard InChI is InChI=1S/2C19H21N3.Fe/c2*1-14-9-15(2)19(16(3)10-14)22-11-17(4)21(13-22)12-18-7-5-6-8-20-18;/h2*5-13H,1-4H3;/q2*-2;+4/b2*18-12-;. The Balaban J connectivity index is 0.000000200. The second-order valence-corrected chi connectivity index (χ2v) is 11.7. The molecule has 0 aliphatic carbocycles. The van der Waals surface area contributed by atoms with E-state index in [2.05, 4.69) is 136 Å². The number of hydrogen-bond donors (Lipinski definition) is 0. The third kappa shape index (κ3) is 8.05. The number of hydrogen-bond acceptors (Lipinski definition) is 4. The van der Waals surface area contributed by atoms with E-state index in [9.17, 15) is 0 Å². The van der Waals surface area contributed by atoms with Crippen molar-refractivity contribution in [2.45, 2.75) is 55.4 Å². The van der Waals surface area contributed by atoms with Crippen LogP contribution < -0.4 is 9.80 Å². The minimum atomic E-state index is 0. The first kappa shape index (κ1) is 33.6. The molecule has 0 atom stereocenters. The molecule has 232 valence electrons. The van der Waals surface area contributed by atoms with Gasteiger partial charge in [0.05, 0.1) is 0 Å². The largest absolute Gasteiger partial charge is 4.00 e. The topological polar surface area (TPSA) is 41.2 Å². The molecule has 2 aromatic carbocycles. The van der Waals surface area contributed by atoms with E-state index in [-0.39, 0.29) is 17.1 Å². The fourth-order valence-electron chi connectivity index (χ4n) is 5.92. The summed E-state index contributed by atoms with van der Waals surface area (Å²) < 4.78 is 0. The van der Waals surface area contributed by atoms with Gasteiger partial charge in [-0.05, 0) is 114 Å². The van der Waals surface area contributed by atoms with Gasteiger partial charge in [0.25, 0.3) is 0 Å². The van der Waals surface area contributed by atoms with Crippen LogP contribution in [-0.2, 0) is 17.1 Å². The van der Waals surface area contributed by atoms with Gasteiger partial charge < -0.3 is 30.2 Å². The van der Waals surface area contributed by atoms with E-state index in [0.717, 1.165) is 11.4 Å². The summed E-state index contributed by atoms with van der Waals surface area (Å²) in [7, 11) is 0. The van der Waals surface area contributed by atoms with Crippen LogP contribution in [0.2, 0.25) is 0 Å². The third-order valence-electron chi connectivity index (χ3n) is 7.67. The summed E-state index contributed by atoms with van der Waals surface area (Å²) in [6.45, 7) is 21.4. The predicted octanol–water partition coefficient (Wildman–Crippen LogP) is 10.0. The molecule has 0 saturated heterocycles. The predicted molar refractivity (Wildman–Crippen MR) is 185 cm³/mol. The monoisotopic (exact) mass is 638 g/mol. The Bertz CT molecular complexity index is 1500. The van der Waals surface area contributed by atoms with E-state index >= 15 is 0 Å². The Hall–Kier alpha value is -4.32. The van der Waals surface area contributed by atoms with Crippen LogP contribution in [0.1, 0.15) is 47.2 Å². The Labute approximate surface area is 280 Å². The molecule has 4 heterocycles. The molecule has 0 unspecified atom stereocenters. The molecule has 0 bridgehead atoms. The molecule has 0 aromatic heterocycles. The van der Waals surface area contributed by atoms with Crippen molar-refractivity contribution < 1.29 is 17.1 Å². The summed E-state index contributed by atoms with van der Waals surface area (Å²) >= 11 is 0. The second-order valence-electron chi connectivity index (χ2n) is 11.7. The maximum Gasteiger partial charge on any atom is 4.00 e. The maximum absolute atomic E-state index is 4.36. The molecule has 4 aliphatic heterocycles. The first-order valence-electron chi connectivity index (χ1n) is 15.0. The molecule has 0 amide bonds. The Morgan fingerprint density at radius 3 is 1.20 bits per heavy atom. The molecule has 0 spiro atoms. The first-order chi connectivity index (χ1) is 21.1. The maximum atomic E-state index is 4.36. The van der Waals surface area contributed by atoms with Gasteiger partial charge >= 0.3 is 17.1 Å². The molecule has 4 aliphatic rings. The van der Waals surface area contributed by atoms with E-state index in [0.29, 0.717) is 0 Å². The Morgan fingerprint density at radius 1 is 0.533 bits per heavy atom. The minimum absolute atomic E-state index is 0. The van der Waals surface area contributed by atoms with Crippen molar-refractivity contribution >= 4 is 11.4 Å². The zero-order valence-electron chi connectivity index (χ0n) is 27.4. The van der Waals surface area contributed by atoms with Gasteiger partial charge in [-0.15, -0.1) is 24.7 Å². The van der Waals surface area contributed by atoms with E-state index in [1.54, 1.807) is 0 Å². The number of rotatable bonds is 4. The van der Waals surface area contributed by atoms with Gasteiger partial charge in [-0.1, -0.05) is 71.8 Å². The summed E-state index contributed by atoms with van der Waals surface area (Å²) in [6.07, 6.45) is 23.9. The van der Waals surface area contributed by atoms with Crippen LogP contribution in [0.4, 0.5) is 11.4 Å². The van der Waals surface area contributed by atoms with Crippen LogP contribution >= 0.6 is 0 Å². The average Bonchev–Trinajstić information content (AvgIpc) is 3.50. The van der Waals surface area contributed by atoms with Crippen molar-refractivity contribution in [3.63, 3.8) is 0 Å². The Morgan fingerprint density at radius 2 is 0.889 bits per heavy atom. The summed E-state index contributed by atoms with van der Waals surface area (Å²) in [5, 5.41) is 8.72. The van der Waals surface area contributed by atoms with Gasteiger partial charge in [-0.25, -0.2) is 0 Å². The fourth-order valence-corrected chi connectivity index (χ4v) is 5.92. The molecule has 0 fully saturated rings. The quantitative estimate of drug-likeness (QED) is 0.247. The summed E-state index contributed by atoms with van der Waals surface area (Å²) in [6, 6.07) is 8.91. The van der Waals surface area contributed by atoms with Crippen LogP contribution in [0.3, 0.4) is 0 Å². The van der Waals surface area contributed by atoms with Crippen molar-refractivity contribution in [2.75, 3.05) is 9.80 Å². The number of benzene rings is 2. The SMILES string of the molecule is CC1=CN(c2c(C)cc(C)cc2C)[CH-]N1/C=C1/C=CC=C[N-]1.CC1=CN(c2c(C)cc(C)cc2C)[CH-]N1/C=C1/C=CC=C[N-]1.[Fe+4]. The zero-order chi connectivity index (χ0) is 31.4. The van der Waals surface area contributed by atoms with Crippen LogP contribution in [0.15, 0.2) is 121 Å². The second kappa shape index (κ2) is 14.6. The molecular formula is C38H42FeN6. The van der Waals surface area contributed by atoms with E-state index in [4.69, 9.17) is 0 Å². The van der Waals surface area contributed by atoms with Gasteiger partial charge in [0.1, 0.15) is 0 Å². The normalized spacial score (nSPS) is 18.5. The summed E-state index contributed by atoms with van der Waals surface area (Å²) in [5.41, 5.74) is 14.5.